The number of benzene rings is 2. The second-order valence-corrected chi connectivity index (χ2v) is 5.68. The average Bonchev–Trinajstić information content (AvgIpc) is 3.10. The molecule has 130 valence electrons. The summed E-state index contributed by atoms with van der Waals surface area (Å²) in [4.78, 5) is 12.6. The zero-order chi connectivity index (χ0) is 17.8. The summed E-state index contributed by atoms with van der Waals surface area (Å²) >= 11 is 0. The molecular formula is C19H21N3O3. The molecule has 1 amide bonds. The second kappa shape index (κ2) is 7.25. The fourth-order valence-corrected chi connectivity index (χ4v) is 2.74. The third kappa shape index (κ3) is 3.42. The second-order valence-electron chi connectivity index (χ2n) is 5.68. The molecular weight excluding hydrogens is 318 g/mol. The fourth-order valence-electron chi connectivity index (χ4n) is 2.74. The van der Waals surface area contributed by atoms with Gasteiger partial charge in [-0.05, 0) is 37.6 Å². The molecule has 6 nitrogen and oxygen atoms in total. The first-order valence-electron chi connectivity index (χ1n) is 8.17. The number of carbonyl (C=O) groups is 1. The molecule has 0 fully saturated rings. The van der Waals surface area contributed by atoms with E-state index in [1.807, 2.05) is 44.2 Å². The van der Waals surface area contributed by atoms with E-state index in [0.717, 1.165) is 16.5 Å². The van der Waals surface area contributed by atoms with Crippen LogP contribution in [0.2, 0.25) is 0 Å². The molecule has 1 atom stereocenters. The number of fused-ring (bicyclic) bond motifs is 1. The smallest absolute Gasteiger partial charge is 0.253 e. The molecule has 1 heterocycles. The minimum absolute atomic E-state index is 0.157. The summed E-state index contributed by atoms with van der Waals surface area (Å²) < 4.78 is 10.9. The van der Waals surface area contributed by atoms with Crippen molar-refractivity contribution in [3.63, 3.8) is 0 Å². The van der Waals surface area contributed by atoms with Crippen molar-refractivity contribution in [2.24, 2.45) is 0 Å². The first-order chi connectivity index (χ1) is 12.1. The summed E-state index contributed by atoms with van der Waals surface area (Å²) in [5, 5.41) is 10.8. The van der Waals surface area contributed by atoms with Crippen molar-refractivity contribution >= 4 is 16.8 Å². The Kier molecular flexibility index (Phi) is 4.88. The Bertz CT molecular complexity index is 889. The fraction of sp³-hybridized carbons (Fsp3) is 0.263. The van der Waals surface area contributed by atoms with E-state index in [0.29, 0.717) is 23.7 Å². The molecule has 0 aliphatic carbocycles. The van der Waals surface area contributed by atoms with E-state index in [2.05, 4.69) is 15.5 Å². The van der Waals surface area contributed by atoms with Gasteiger partial charge in [-0.3, -0.25) is 9.89 Å². The number of H-pyrrole nitrogens is 1. The van der Waals surface area contributed by atoms with Crippen LogP contribution in [-0.4, -0.2) is 29.8 Å². The quantitative estimate of drug-likeness (QED) is 0.721. The van der Waals surface area contributed by atoms with Crippen LogP contribution in [0.15, 0.2) is 42.6 Å². The molecule has 0 saturated carbocycles. The zero-order valence-corrected chi connectivity index (χ0v) is 14.5. The van der Waals surface area contributed by atoms with E-state index in [1.54, 1.807) is 19.4 Å². The summed E-state index contributed by atoms with van der Waals surface area (Å²) in [6, 6.07) is 11.0. The van der Waals surface area contributed by atoms with Gasteiger partial charge in [0.05, 0.1) is 37.0 Å². The van der Waals surface area contributed by atoms with Crippen molar-refractivity contribution < 1.29 is 14.3 Å². The van der Waals surface area contributed by atoms with E-state index >= 15 is 0 Å². The molecule has 0 saturated heterocycles. The van der Waals surface area contributed by atoms with Crippen molar-refractivity contribution in [2.45, 2.75) is 19.9 Å². The highest BCUT2D eigenvalue weighted by Crippen LogP contribution is 2.30. The molecule has 0 radical (unpaired) electrons. The van der Waals surface area contributed by atoms with Gasteiger partial charge in [0, 0.05) is 5.39 Å². The lowest BCUT2D eigenvalue weighted by molar-refractivity contribution is 0.0941. The lowest BCUT2D eigenvalue weighted by atomic mass is 10.1. The van der Waals surface area contributed by atoms with Gasteiger partial charge in [-0.25, -0.2) is 0 Å². The molecule has 0 spiro atoms. The van der Waals surface area contributed by atoms with Crippen LogP contribution in [0, 0.1) is 0 Å². The minimum atomic E-state index is -0.185. The van der Waals surface area contributed by atoms with Gasteiger partial charge in [0.1, 0.15) is 0 Å². The standard InChI is InChI=1S/C19H21N3O3/c1-4-25-16-9-8-13(10-17(16)24-3)12(2)21-19(23)15-7-5-6-14-11-20-22-18(14)15/h5-12H,4H2,1-3H3,(H,20,22)(H,21,23). The lowest BCUT2D eigenvalue weighted by Crippen LogP contribution is -2.26. The van der Waals surface area contributed by atoms with Crippen LogP contribution in [0.5, 0.6) is 11.5 Å². The molecule has 1 unspecified atom stereocenters. The molecule has 3 rings (SSSR count). The van der Waals surface area contributed by atoms with Gasteiger partial charge in [-0.1, -0.05) is 18.2 Å². The molecule has 6 heteroatoms. The Balaban J connectivity index is 1.81. The van der Waals surface area contributed by atoms with Gasteiger partial charge in [0.2, 0.25) is 0 Å². The maximum atomic E-state index is 12.6. The van der Waals surface area contributed by atoms with Gasteiger partial charge < -0.3 is 14.8 Å². The van der Waals surface area contributed by atoms with Crippen LogP contribution in [-0.2, 0) is 0 Å². The Morgan fingerprint density at radius 3 is 2.88 bits per heavy atom. The number of hydrogen-bond donors (Lipinski definition) is 2. The summed E-state index contributed by atoms with van der Waals surface area (Å²) in [6.07, 6.45) is 1.70. The van der Waals surface area contributed by atoms with Gasteiger partial charge in [0.25, 0.3) is 5.91 Å². The monoisotopic (exact) mass is 339 g/mol. The van der Waals surface area contributed by atoms with Crippen molar-refractivity contribution in [2.75, 3.05) is 13.7 Å². The molecule has 1 aromatic heterocycles. The number of nitrogens with zero attached hydrogens (tertiary/aromatic N) is 1. The maximum Gasteiger partial charge on any atom is 0.253 e. The van der Waals surface area contributed by atoms with Crippen LogP contribution < -0.4 is 14.8 Å². The highest BCUT2D eigenvalue weighted by atomic mass is 16.5. The van der Waals surface area contributed by atoms with E-state index in [9.17, 15) is 4.79 Å². The third-order valence-electron chi connectivity index (χ3n) is 4.06. The largest absolute Gasteiger partial charge is 0.493 e. The number of rotatable bonds is 6. The van der Waals surface area contributed by atoms with Crippen LogP contribution in [0.3, 0.4) is 0 Å². The SMILES string of the molecule is CCOc1ccc(C(C)NC(=O)c2cccc3cn[nH]c23)cc1OC. The molecule has 0 bridgehead atoms. The molecule has 2 N–H and O–H groups in total. The van der Waals surface area contributed by atoms with Gasteiger partial charge >= 0.3 is 0 Å². The van der Waals surface area contributed by atoms with Crippen molar-refractivity contribution in [3.05, 3.63) is 53.7 Å². The topological polar surface area (TPSA) is 76.2 Å². The first-order valence-corrected chi connectivity index (χ1v) is 8.17. The number of methoxy groups -OCH3 is 1. The highest BCUT2D eigenvalue weighted by Gasteiger charge is 2.16. The minimum Gasteiger partial charge on any atom is -0.493 e. The number of aromatic nitrogens is 2. The van der Waals surface area contributed by atoms with Crippen molar-refractivity contribution in [3.8, 4) is 11.5 Å². The van der Waals surface area contributed by atoms with Crippen LogP contribution in [0.25, 0.3) is 10.9 Å². The van der Waals surface area contributed by atoms with Crippen LogP contribution >= 0.6 is 0 Å². The summed E-state index contributed by atoms with van der Waals surface area (Å²) in [6.45, 7) is 4.42. The third-order valence-corrected chi connectivity index (χ3v) is 4.06. The number of para-hydroxylation sites is 1. The summed E-state index contributed by atoms with van der Waals surface area (Å²) in [5.41, 5.74) is 2.24. The zero-order valence-electron chi connectivity index (χ0n) is 14.5. The Morgan fingerprint density at radius 2 is 2.12 bits per heavy atom. The predicted molar refractivity (Wildman–Crippen MR) is 96.1 cm³/mol. The summed E-state index contributed by atoms with van der Waals surface area (Å²) in [5.74, 6) is 1.18. The van der Waals surface area contributed by atoms with Crippen molar-refractivity contribution in [1.29, 1.82) is 0 Å². The first kappa shape index (κ1) is 16.8. The molecule has 3 aromatic rings. The Morgan fingerprint density at radius 1 is 1.28 bits per heavy atom. The highest BCUT2D eigenvalue weighted by molar-refractivity contribution is 6.05. The maximum absolute atomic E-state index is 12.6. The van der Waals surface area contributed by atoms with E-state index in [1.165, 1.54) is 0 Å². The predicted octanol–water partition coefficient (Wildman–Crippen LogP) is 3.46. The number of carbonyl (C=O) groups excluding carboxylic acids is 1. The molecule has 2 aromatic carbocycles. The van der Waals surface area contributed by atoms with E-state index < -0.39 is 0 Å². The van der Waals surface area contributed by atoms with Crippen LogP contribution in [0.4, 0.5) is 0 Å². The molecule has 0 aliphatic rings. The molecule has 0 aliphatic heterocycles. The van der Waals surface area contributed by atoms with Gasteiger partial charge in [-0.2, -0.15) is 5.10 Å². The number of nitrogens with one attached hydrogen (secondary N) is 2. The van der Waals surface area contributed by atoms with Gasteiger partial charge in [-0.15, -0.1) is 0 Å². The van der Waals surface area contributed by atoms with Crippen LogP contribution in [0.1, 0.15) is 35.8 Å². The normalized spacial score (nSPS) is 12.0. The average molecular weight is 339 g/mol. The van der Waals surface area contributed by atoms with E-state index in [4.69, 9.17) is 9.47 Å². The summed E-state index contributed by atoms with van der Waals surface area (Å²) in [7, 11) is 1.60. The van der Waals surface area contributed by atoms with Gasteiger partial charge in [0.15, 0.2) is 11.5 Å². The van der Waals surface area contributed by atoms with Crippen molar-refractivity contribution in [1.82, 2.24) is 15.5 Å². The number of ether oxygens (including phenoxy) is 2. The molecule has 25 heavy (non-hydrogen) atoms. The Labute approximate surface area is 146 Å². The lowest BCUT2D eigenvalue weighted by Gasteiger charge is -2.17. The Hall–Kier alpha value is -3.02. The number of hydrogen-bond acceptors (Lipinski definition) is 4. The van der Waals surface area contributed by atoms with E-state index in [-0.39, 0.29) is 11.9 Å². The number of amides is 1. The number of aromatic amines is 1.